The Morgan fingerprint density at radius 2 is 2.25 bits per heavy atom. The van der Waals surface area contributed by atoms with Crippen molar-refractivity contribution in [2.75, 3.05) is 0 Å². The number of hydrogen-bond acceptors (Lipinski definition) is 3. The lowest BCUT2D eigenvalue weighted by Crippen LogP contribution is -1.95. The summed E-state index contributed by atoms with van der Waals surface area (Å²) in [5.74, 6) is 0.922. The second kappa shape index (κ2) is 3.73. The molecule has 0 aliphatic carbocycles. The van der Waals surface area contributed by atoms with Crippen molar-refractivity contribution in [3.8, 4) is 11.4 Å². The molecule has 3 nitrogen and oxygen atoms in total. The Balaban J connectivity index is 2.16. The summed E-state index contributed by atoms with van der Waals surface area (Å²) in [6.07, 6.45) is 0. The smallest absolute Gasteiger partial charge is 0.139 e. The van der Waals surface area contributed by atoms with E-state index < -0.39 is 0 Å². The first kappa shape index (κ1) is 9.57. The lowest BCUT2D eigenvalue weighted by molar-refractivity contribution is 1.07. The number of thiophene rings is 1. The van der Waals surface area contributed by atoms with Crippen LogP contribution in [0.15, 0.2) is 35.0 Å². The SMILES string of the molecule is NCc1ccc2nc(-c3ccsc3)[nH]c2c1. The molecule has 4 heteroatoms. The molecule has 16 heavy (non-hydrogen) atoms. The van der Waals surface area contributed by atoms with E-state index in [1.165, 1.54) is 0 Å². The van der Waals surface area contributed by atoms with Crippen LogP contribution in [0.2, 0.25) is 0 Å². The minimum absolute atomic E-state index is 0.558. The van der Waals surface area contributed by atoms with E-state index in [1.807, 2.05) is 17.5 Å². The van der Waals surface area contributed by atoms with Gasteiger partial charge in [0.15, 0.2) is 0 Å². The molecule has 3 N–H and O–H groups in total. The van der Waals surface area contributed by atoms with Gasteiger partial charge < -0.3 is 10.7 Å². The number of hydrogen-bond donors (Lipinski definition) is 2. The third-order valence-electron chi connectivity index (χ3n) is 2.58. The van der Waals surface area contributed by atoms with Crippen molar-refractivity contribution in [2.24, 2.45) is 5.73 Å². The second-order valence-corrected chi connectivity index (χ2v) is 4.43. The summed E-state index contributed by atoms with van der Waals surface area (Å²) in [5.41, 5.74) is 9.89. The molecule has 0 radical (unpaired) electrons. The molecule has 2 heterocycles. The Morgan fingerprint density at radius 3 is 3.00 bits per heavy atom. The molecule has 0 atom stereocenters. The summed E-state index contributed by atoms with van der Waals surface area (Å²) in [6.45, 7) is 0.558. The van der Waals surface area contributed by atoms with Gasteiger partial charge in [0.05, 0.1) is 11.0 Å². The van der Waals surface area contributed by atoms with Crippen LogP contribution in [0.3, 0.4) is 0 Å². The van der Waals surface area contributed by atoms with Crippen LogP contribution < -0.4 is 5.73 Å². The number of rotatable bonds is 2. The van der Waals surface area contributed by atoms with Crippen molar-refractivity contribution in [2.45, 2.75) is 6.54 Å². The minimum atomic E-state index is 0.558. The topological polar surface area (TPSA) is 54.7 Å². The molecule has 0 amide bonds. The molecule has 3 aromatic rings. The lowest BCUT2D eigenvalue weighted by Gasteiger charge is -1.94. The van der Waals surface area contributed by atoms with Crippen LogP contribution in [0, 0.1) is 0 Å². The number of nitrogens with zero attached hydrogens (tertiary/aromatic N) is 1. The van der Waals surface area contributed by atoms with Crippen LogP contribution >= 0.6 is 11.3 Å². The number of benzene rings is 1. The predicted octanol–water partition coefficient (Wildman–Crippen LogP) is 2.75. The first-order valence-electron chi connectivity index (χ1n) is 5.08. The molecular weight excluding hydrogens is 218 g/mol. The predicted molar refractivity (Wildman–Crippen MR) is 67.3 cm³/mol. The summed E-state index contributed by atoms with van der Waals surface area (Å²) in [6, 6.07) is 8.13. The normalized spacial score (nSPS) is 11.1. The van der Waals surface area contributed by atoms with Crippen molar-refractivity contribution in [3.63, 3.8) is 0 Å². The van der Waals surface area contributed by atoms with E-state index in [4.69, 9.17) is 5.73 Å². The number of H-pyrrole nitrogens is 1. The number of nitrogens with two attached hydrogens (primary N) is 1. The van der Waals surface area contributed by atoms with Crippen LogP contribution in [-0.4, -0.2) is 9.97 Å². The fourth-order valence-corrected chi connectivity index (χ4v) is 2.36. The molecule has 0 saturated heterocycles. The zero-order valence-corrected chi connectivity index (χ0v) is 9.42. The van der Waals surface area contributed by atoms with Gasteiger partial charge in [0.2, 0.25) is 0 Å². The number of fused-ring (bicyclic) bond motifs is 1. The summed E-state index contributed by atoms with van der Waals surface area (Å²) in [4.78, 5) is 7.85. The zero-order valence-electron chi connectivity index (χ0n) is 8.60. The Hall–Kier alpha value is -1.65. The fourth-order valence-electron chi connectivity index (χ4n) is 1.72. The molecular formula is C12H11N3S. The Morgan fingerprint density at radius 1 is 1.31 bits per heavy atom. The average Bonchev–Trinajstić information content (AvgIpc) is 2.96. The molecule has 3 rings (SSSR count). The van der Waals surface area contributed by atoms with E-state index in [9.17, 15) is 0 Å². The lowest BCUT2D eigenvalue weighted by atomic mass is 10.2. The first-order chi connectivity index (χ1) is 7.86. The first-order valence-corrected chi connectivity index (χ1v) is 6.02. The average molecular weight is 229 g/mol. The monoisotopic (exact) mass is 229 g/mol. The maximum absolute atomic E-state index is 5.61. The number of aromatic amines is 1. The van der Waals surface area contributed by atoms with Gasteiger partial charge in [-0.05, 0) is 29.1 Å². The molecule has 0 aliphatic heterocycles. The van der Waals surface area contributed by atoms with E-state index >= 15 is 0 Å². The molecule has 0 unspecified atom stereocenters. The van der Waals surface area contributed by atoms with Gasteiger partial charge in [-0.1, -0.05) is 6.07 Å². The van der Waals surface area contributed by atoms with Crippen LogP contribution in [0.4, 0.5) is 0 Å². The molecule has 0 fully saturated rings. The third kappa shape index (κ3) is 1.52. The third-order valence-corrected chi connectivity index (χ3v) is 3.26. The van der Waals surface area contributed by atoms with Crippen LogP contribution in [0.1, 0.15) is 5.56 Å². The van der Waals surface area contributed by atoms with E-state index in [-0.39, 0.29) is 0 Å². The maximum Gasteiger partial charge on any atom is 0.139 e. The van der Waals surface area contributed by atoms with Gasteiger partial charge >= 0.3 is 0 Å². The van der Waals surface area contributed by atoms with Crippen molar-refractivity contribution in [3.05, 3.63) is 40.6 Å². The molecule has 80 valence electrons. The van der Waals surface area contributed by atoms with Crippen LogP contribution in [0.5, 0.6) is 0 Å². The Bertz CT molecular complexity index is 610. The van der Waals surface area contributed by atoms with Crippen LogP contribution in [-0.2, 0) is 6.54 Å². The number of imidazole rings is 1. The summed E-state index contributed by atoms with van der Waals surface area (Å²) >= 11 is 1.67. The van der Waals surface area contributed by atoms with Crippen molar-refractivity contribution in [1.29, 1.82) is 0 Å². The highest BCUT2D eigenvalue weighted by atomic mass is 32.1. The van der Waals surface area contributed by atoms with Gasteiger partial charge in [-0.25, -0.2) is 4.98 Å². The summed E-state index contributed by atoms with van der Waals surface area (Å²) in [7, 11) is 0. The maximum atomic E-state index is 5.61. The highest BCUT2D eigenvalue weighted by Crippen LogP contribution is 2.22. The van der Waals surface area contributed by atoms with Gasteiger partial charge in [-0.3, -0.25) is 0 Å². The molecule has 2 aromatic heterocycles. The van der Waals surface area contributed by atoms with Gasteiger partial charge in [0, 0.05) is 17.5 Å². The highest BCUT2D eigenvalue weighted by molar-refractivity contribution is 7.08. The highest BCUT2D eigenvalue weighted by Gasteiger charge is 2.05. The molecule has 1 aromatic carbocycles. The molecule has 0 bridgehead atoms. The van der Waals surface area contributed by atoms with Crippen molar-refractivity contribution < 1.29 is 0 Å². The van der Waals surface area contributed by atoms with Gasteiger partial charge in [0.25, 0.3) is 0 Å². The fraction of sp³-hybridized carbons (Fsp3) is 0.0833. The van der Waals surface area contributed by atoms with Crippen molar-refractivity contribution in [1.82, 2.24) is 9.97 Å². The summed E-state index contributed by atoms with van der Waals surface area (Å²) < 4.78 is 0. The number of aromatic nitrogens is 2. The van der Waals surface area contributed by atoms with Crippen LogP contribution in [0.25, 0.3) is 22.4 Å². The molecule has 0 spiro atoms. The van der Waals surface area contributed by atoms with E-state index in [2.05, 4.69) is 27.5 Å². The van der Waals surface area contributed by atoms with Gasteiger partial charge in [-0.2, -0.15) is 11.3 Å². The standard InChI is InChI=1S/C12H11N3S/c13-6-8-1-2-10-11(5-8)15-12(14-10)9-3-4-16-7-9/h1-5,7H,6,13H2,(H,14,15). The van der Waals surface area contributed by atoms with E-state index in [1.54, 1.807) is 11.3 Å². The second-order valence-electron chi connectivity index (χ2n) is 3.65. The quantitative estimate of drug-likeness (QED) is 0.710. The van der Waals surface area contributed by atoms with E-state index in [0.29, 0.717) is 6.54 Å². The van der Waals surface area contributed by atoms with E-state index in [0.717, 1.165) is 28.0 Å². The van der Waals surface area contributed by atoms with Crippen molar-refractivity contribution >= 4 is 22.4 Å². The molecule has 0 saturated carbocycles. The number of nitrogens with one attached hydrogen (secondary N) is 1. The zero-order chi connectivity index (χ0) is 11.0. The van der Waals surface area contributed by atoms with Gasteiger partial charge in [0.1, 0.15) is 5.82 Å². The minimum Gasteiger partial charge on any atom is -0.338 e. The molecule has 0 aliphatic rings. The van der Waals surface area contributed by atoms with Gasteiger partial charge in [-0.15, -0.1) is 0 Å². The summed E-state index contributed by atoms with van der Waals surface area (Å²) in [5, 5.41) is 4.13. The largest absolute Gasteiger partial charge is 0.338 e. The Labute approximate surface area is 96.9 Å². The Kier molecular flexibility index (Phi) is 2.23.